The molecular formula is C16H19NO3. The van der Waals surface area contributed by atoms with Gasteiger partial charge in [-0.05, 0) is 18.9 Å². The predicted molar refractivity (Wildman–Crippen MR) is 75.7 cm³/mol. The number of ether oxygens (including phenoxy) is 1. The van der Waals surface area contributed by atoms with Crippen LogP contribution >= 0.6 is 0 Å². The van der Waals surface area contributed by atoms with Gasteiger partial charge in [-0.15, -0.1) is 0 Å². The van der Waals surface area contributed by atoms with E-state index < -0.39 is 0 Å². The molecule has 0 aromatic carbocycles. The van der Waals surface area contributed by atoms with Crippen molar-refractivity contribution in [3.63, 3.8) is 0 Å². The lowest BCUT2D eigenvalue weighted by atomic mass is 9.87. The largest absolute Gasteiger partial charge is 0.492 e. The van der Waals surface area contributed by atoms with E-state index in [1.807, 2.05) is 0 Å². The average Bonchev–Trinajstić information content (AvgIpc) is 2.48. The van der Waals surface area contributed by atoms with E-state index in [0.29, 0.717) is 23.1 Å². The molecule has 106 valence electrons. The maximum absolute atomic E-state index is 12.5. The Balaban J connectivity index is 2.28. The monoisotopic (exact) mass is 273 g/mol. The maximum Gasteiger partial charge on any atom is 0.228 e. The van der Waals surface area contributed by atoms with Crippen LogP contribution < -0.4 is 0 Å². The second kappa shape index (κ2) is 6.46. The molecule has 1 heterocycles. The third kappa shape index (κ3) is 2.64. The molecule has 0 fully saturated rings. The van der Waals surface area contributed by atoms with E-state index in [2.05, 4.69) is 11.9 Å². The van der Waals surface area contributed by atoms with E-state index in [1.165, 1.54) is 19.5 Å². The lowest BCUT2D eigenvalue weighted by Gasteiger charge is -2.19. The number of nitrogens with zero attached hydrogens (tertiary/aromatic N) is 1. The normalized spacial score (nSPS) is 14.5. The van der Waals surface area contributed by atoms with Gasteiger partial charge in [0.15, 0.2) is 11.5 Å². The molecule has 0 saturated carbocycles. The number of Topliss-reactive ketones (excluding diaryl/α,β-unsaturated/α-hetero) is 2. The van der Waals surface area contributed by atoms with Crippen molar-refractivity contribution < 1.29 is 14.3 Å². The Morgan fingerprint density at radius 3 is 2.60 bits per heavy atom. The number of carbonyl (C=O) groups is 2. The van der Waals surface area contributed by atoms with Crippen LogP contribution in [0.25, 0.3) is 0 Å². The van der Waals surface area contributed by atoms with Crippen LogP contribution in [-0.4, -0.2) is 23.7 Å². The lowest BCUT2D eigenvalue weighted by molar-refractivity contribution is 0.0902. The van der Waals surface area contributed by atoms with Gasteiger partial charge in [0.25, 0.3) is 0 Å². The van der Waals surface area contributed by atoms with Crippen LogP contribution in [0.1, 0.15) is 59.7 Å². The van der Waals surface area contributed by atoms with Gasteiger partial charge in [0.2, 0.25) is 5.78 Å². The number of allylic oxidation sites excluding steroid dienone is 2. The van der Waals surface area contributed by atoms with Crippen molar-refractivity contribution in [1.29, 1.82) is 0 Å². The van der Waals surface area contributed by atoms with Gasteiger partial charge in [-0.2, -0.15) is 0 Å². The van der Waals surface area contributed by atoms with E-state index in [4.69, 9.17) is 4.74 Å². The SMILES string of the molecule is CCCCCCC1=C(OC)C(=O)c2ccncc2C1=O. The molecule has 2 rings (SSSR count). The topological polar surface area (TPSA) is 56.3 Å². The predicted octanol–water partition coefficient (Wildman–Crippen LogP) is 3.33. The highest BCUT2D eigenvalue weighted by Gasteiger charge is 2.32. The number of fused-ring (bicyclic) bond motifs is 1. The first-order valence-electron chi connectivity index (χ1n) is 7.01. The van der Waals surface area contributed by atoms with Crippen LogP contribution in [0.3, 0.4) is 0 Å². The zero-order valence-corrected chi connectivity index (χ0v) is 11.9. The molecule has 1 aromatic rings. The number of hydrogen-bond donors (Lipinski definition) is 0. The van der Waals surface area contributed by atoms with Crippen LogP contribution in [-0.2, 0) is 4.74 Å². The Bertz CT molecular complexity index is 561. The van der Waals surface area contributed by atoms with Gasteiger partial charge in [-0.3, -0.25) is 14.6 Å². The Labute approximate surface area is 118 Å². The summed E-state index contributed by atoms with van der Waals surface area (Å²) in [5.74, 6) is -0.138. The number of rotatable bonds is 6. The van der Waals surface area contributed by atoms with E-state index in [9.17, 15) is 9.59 Å². The molecular weight excluding hydrogens is 254 g/mol. The molecule has 1 aromatic heterocycles. The van der Waals surface area contributed by atoms with Crippen LogP contribution in [0.5, 0.6) is 0 Å². The maximum atomic E-state index is 12.5. The molecule has 1 aliphatic carbocycles. The molecule has 0 unspecified atom stereocenters. The molecule has 0 N–H and O–H groups in total. The van der Waals surface area contributed by atoms with Gasteiger partial charge >= 0.3 is 0 Å². The van der Waals surface area contributed by atoms with Gasteiger partial charge in [-0.1, -0.05) is 26.2 Å². The Hall–Kier alpha value is -1.97. The zero-order chi connectivity index (χ0) is 14.5. The summed E-state index contributed by atoms with van der Waals surface area (Å²) >= 11 is 0. The highest BCUT2D eigenvalue weighted by Crippen LogP contribution is 2.29. The summed E-state index contributed by atoms with van der Waals surface area (Å²) in [7, 11) is 1.44. The minimum absolute atomic E-state index is 0.124. The zero-order valence-electron chi connectivity index (χ0n) is 11.9. The summed E-state index contributed by atoms with van der Waals surface area (Å²) in [6.07, 6.45) is 7.79. The van der Waals surface area contributed by atoms with Crippen LogP contribution in [0.15, 0.2) is 29.8 Å². The number of unbranched alkanes of at least 4 members (excludes halogenated alkanes) is 3. The third-order valence-corrected chi connectivity index (χ3v) is 3.55. The quantitative estimate of drug-likeness (QED) is 0.746. The van der Waals surface area contributed by atoms with E-state index >= 15 is 0 Å². The second-order valence-corrected chi connectivity index (χ2v) is 4.90. The molecule has 0 saturated heterocycles. The minimum atomic E-state index is -0.213. The fourth-order valence-corrected chi connectivity index (χ4v) is 2.47. The van der Waals surface area contributed by atoms with Crippen molar-refractivity contribution in [2.75, 3.05) is 7.11 Å². The van der Waals surface area contributed by atoms with Crippen molar-refractivity contribution in [2.24, 2.45) is 0 Å². The second-order valence-electron chi connectivity index (χ2n) is 4.90. The summed E-state index contributed by atoms with van der Waals surface area (Å²) in [5, 5.41) is 0. The van der Waals surface area contributed by atoms with Crippen LogP contribution in [0.2, 0.25) is 0 Å². The summed E-state index contributed by atoms with van der Waals surface area (Å²) in [5.41, 5.74) is 1.28. The van der Waals surface area contributed by atoms with Crippen LogP contribution in [0, 0.1) is 0 Å². The fraction of sp³-hybridized carbons (Fsp3) is 0.438. The van der Waals surface area contributed by atoms with E-state index in [1.54, 1.807) is 6.07 Å². The number of ketones is 2. The molecule has 20 heavy (non-hydrogen) atoms. The van der Waals surface area contributed by atoms with Gasteiger partial charge in [0.05, 0.1) is 12.7 Å². The average molecular weight is 273 g/mol. The number of aromatic nitrogens is 1. The number of methoxy groups -OCH3 is 1. The molecule has 0 spiro atoms. The molecule has 4 nitrogen and oxygen atoms in total. The number of carbonyl (C=O) groups excluding carboxylic acids is 2. The first-order chi connectivity index (χ1) is 9.70. The van der Waals surface area contributed by atoms with Crippen molar-refractivity contribution in [2.45, 2.75) is 39.0 Å². The highest BCUT2D eigenvalue weighted by molar-refractivity contribution is 6.25. The summed E-state index contributed by atoms with van der Waals surface area (Å²) in [6, 6.07) is 1.57. The Kier molecular flexibility index (Phi) is 4.66. The molecule has 1 aliphatic rings. The molecule has 0 aliphatic heterocycles. The molecule has 4 heteroatoms. The fourth-order valence-electron chi connectivity index (χ4n) is 2.47. The molecule has 0 radical (unpaired) electrons. The van der Waals surface area contributed by atoms with Crippen molar-refractivity contribution in [1.82, 2.24) is 4.98 Å². The number of pyridine rings is 1. The van der Waals surface area contributed by atoms with Crippen molar-refractivity contribution in [3.8, 4) is 0 Å². The summed E-state index contributed by atoms with van der Waals surface area (Å²) in [6.45, 7) is 2.14. The third-order valence-electron chi connectivity index (χ3n) is 3.55. The Morgan fingerprint density at radius 2 is 1.90 bits per heavy atom. The molecule has 0 amide bonds. The van der Waals surface area contributed by atoms with E-state index in [-0.39, 0.29) is 17.3 Å². The van der Waals surface area contributed by atoms with Gasteiger partial charge in [-0.25, -0.2) is 0 Å². The highest BCUT2D eigenvalue weighted by atomic mass is 16.5. The van der Waals surface area contributed by atoms with Crippen molar-refractivity contribution >= 4 is 11.6 Å². The molecule has 0 bridgehead atoms. The van der Waals surface area contributed by atoms with Gasteiger partial charge in [0, 0.05) is 23.5 Å². The first kappa shape index (κ1) is 14.4. The first-order valence-corrected chi connectivity index (χ1v) is 7.01. The van der Waals surface area contributed by atoms with Crippen molar-refractivity contribution in [3.05, 3.63) is 40.9 Å². The summed E-state index contributed by atoms with van der Waals surface area (Å²) < 4.78 is 5.19. The number of hydrogen-bond acceptors (Lipinski definition) is 4. The van der Waals surface area contributed by atoms with Crippen LogP contribution in [0.4, 0.5) is 0 Å². The smallest absolute Gasteiger partial charge is 0.228 e. The summed E-state index contributed by atoms with van der Waals surface area (Å²) in [4.78, 5) is 28.7. The van der Waals surface area contributed by atoms with Gasteiger partial charge < -0.3 is 4.74 Å². The van der Waals surface area contributed by atoms with Gasteiger partial charge in [0.1, 0.15) is 0 Å². The Morgan fingerprint density at radius 1 is 1.10 bits per heavy atom. The molecule has 0 atom stereocenters. The standard InChI is InChI=1S/C16H19NO3/c1-3-4-5-6-7-12-14(18)13-10-17-9-8-11(13)15(19)16(12)20-2/h8-10H,3-7H2,1-2H3. The van der Waals surface area contributed by atoms with E-state index in [0.717, 1.165) is 25.7 Å². The minimum Gasteiger partial charge on any atom is -0.492 e. The lowest BCUT2D eigenvalue weighted by Crippen LogP contribution is -2.23.